The van der Waals surface area contributed by atoms with E-state index in [1.54, 1.807) is 19.2 Å². The van der Waals surface area contributed by atoms with Crippen molar-refractivity contribution < 1.29 is 19.1 Å². The Labute approximate surface area is 174 Å². The molecule has 2 aromatic carbocycles. The number of carbonyl (C=O) groups is 2. The Bertz CT molecular complexity index is 998. The Hall–Kier alpha value is -2.99. The van der Waals surface area contributed by atoms with Gasteiger partial charge in [0.25, 0.3) is 0 Å². The lowest BCUT2D eigenvalue weighted by Gasteiger charge is -2.17. The second-order valence-electron chi connectivity index (χ2n) is 6.70. The third kappa shape index (κ3) is 5.29. The number of hydrogen-bond acceptors (Lipinski definition) is 4. The number of fused-ring (bicyclic) bond motifs is 1. The van der Waals surface area contributed by atoms with Crippen LogP contribution in [0.2, 0.25) is 5.02 Å². The minimum atomic E-state index is -0.329. The van der Waals surface area contributed by atoms with E-state index in [0.29, 0.717) is 11.6 Å². The molecule has 29 heavy (non-hydrogen) atoms. The number of carbonyl (C=O) groups excluding carboxylic acids is 2. The summed E-state index contributed by atoms with van der Waals surface area (Å²) in [7, 11) is 2.98. The first-order valence-electron chi connectivity index (χ1n) is 9.22. The lowest BCUT2D eigenvalue weighted by atomic mass is 9.95. The maximum Gasteiger partial charge on any atom is 0.306 e. The number of esters is 1. The van der Waals surface area contributed by atoms with Crippen molar-refractivity contribution in [2.75, 3.05) is 20.8 Å². The van der Waals surface area contributed by atoms with Crippen LogP contribution >= 0.6 is 11.6 Å². The molecule has 1 unspecified atom stereocenters. The quantitative estimate of drug-likeness (QED) is 0.570. The second-order valence-corrected chi connectivity index (χ2v) is 7.14. The minimum Gasteiger partial charge on any atom is -0.497 e. The number of methoxy groups -OCH3 is 2. The summed E-state index contributed by atoms with van der Waals surface area (Å²) in [6.07, 6.45) is 2.04. The highest BCUT2D eigenvalue weighted by Gasteiger charge is 2.18. The molecule has 0 saturated heterocycles. The zero-order valence-electron chi connectivity index (χ0n) is 16.4. The Morgan fingerprint density at radius 3 is 2.55 bits per heavy atom. The molecule has 152 valence electrons. The number of hydrogen-bond donors (Lipinski definition) is 1. The van der Waals surface area contributed by atoms with E-state index >= 15 is 0 Å². The predicted octanol–water partition coefficient (Wildman–Crippen LogP) is 3.77. The first-order chi connectivity index (χ1) is 14.0. The molecule has 1 heterocycles. The highest BCUT2D eigenvalue weighted by Crippen LogP contribution is 2.23. The van der Waals surface area contributed by atoms with Crippen LogP contribution in [0.5, 0.6) is 5.75 Å². The molecule has 0 aliphatic heterocycles. The summed E-state index contributed by atoms with van der Waals surface area (Å²) < 4.78 is 11.9. The molecule has 0 saturated carbocycles. The minimum absolute atomic E-state index is 0.137. The van der Waals surface area contributed by atoms with Crippen LogP contribution in [0, 0.1) is 0 Å². The Balaban J connectivity index is 1.66. The third-order valence-electron chi connectivity index (χ3n) is 4.82. The van der Waals surface area contributed by atoms with Crippen molar-refractivity contribution >= 4 is 34.4 Å². The highest BCUT2D eigenvalue weighted by atomic mass is 35.5. The van der Waals surface area contributed by atoms with Crippen LogP contribution in [0.1, 0.15) is 17.9 Å². The van der Waals surface area contributed by atoms with Crippen LogP contribution in [-0.2, 0) is 20.9 Å². The van der Waals surface area contributed by atoms with Crippen LogP contribution < -0.4 is 10.1 Å². The molecule has 7 heteroatoms. The molecular formula is C22H23ClN2O4. The second kappa shape index (κ2) is 9.47. The standard InChI is InChI=1S/C22H23ClN2O4/c1-28-19-7-8-20-16(11-19)9-10-25(20)14-21(26)24-13-17(12-22(27)29-2)15-3-5-18(23)6-4-15/h3-11,17H,12-14H2,1-2H3,(H,24,26). The maximum atomic E-state index is 12.5. The maximum absolute atomic E-state index is 12.5. The molecule has 0 aliphatic carbocycles. The largest absolute Gasteiger partial charge is 0.497 e. The van der Waals surface area contributed by atoms with Gasteiger partial charge in [0, 0.05) is 34.6 Å². The van der Waals surface area contributed by atoms with E-state index in [4.69, 9.17) is 21.1 Å². The van der Waals surface area contributed by atoms with Gasteiger partial charge in [-0.1, -0.05) is 23.7 Å². The van der Waals surface area contributed by atoms with Crippen molar-refractivity contribution in [2.45, 2.75) is 18.9 Å². The van der Waals surface area contributed by atoms with Gasteiger partial charge >= 0.3 is 5.97 Å². The molecule has 1 aromatic heterocycles. The topological polar surface area (TPSA) is 69.6 Å². The first kappa shape index (κ1) is 20.7. The fourth-order valence-electron chi connectivity index (χ4n) is 3.22. The number of nitrogens with zero attached hydrogens (tertiary/aromatic N) is 1. The smallest absolute Gasteiger partial charge is 0.306 e. The van der Waals surface area contributed by atoms with Crippen molar-refractivity contribution in [3.05, 3.63) is 65.3 Å². The van der Waals surface area contributed by atoms with Gasteiger partial charge in [0.05, 0.1) is 20.6 Å². The zero-order valence-corrected chi connectivity index (χ0v) is 17.1. The van der Waals surface area contributed by atoms with Gasteiger partial charge in [0.2, 0.25) is 5.91 Å². The molecule has 1 N–H and O–H groups in total. The molecule has 0 fully saturated rings. The number of ether oxygens (including phenoxy) is 2. The fraction of sp³-hybridized carbons (Fsp3) is 0.273. The predicted molar refractivity (Wildman–Crippen MR) is 112 cm³/mol. The van der Waals surface area contributed by atoms with Crippen molar-refractivity contribution in [1.29, 1.82) is 0 Å². The summed E-state index contributed by atoms with van der Waals surface area (Å²) in [5, 5.41) is 4.54. The number of amides is 1. The van der Waals surface area contributed by atoms with Crippen LogP contribution in [0.3, 0.4) is 0 Å². The Kier molecular flexibility index (Phi) is 6.77. The molecule has 0 aliphatic rings. The van der Waals surface area contributed by atoms with Crippen LogP contribution in [-0.4, -0.2) is 37.2 Å². The van der Waals surface area contributed by atoms with Gasteiger partial charge < -0.3 is 19.4 Å². The molecule has 0 bridgehead atoms. The molecule has 1 atom stereocenters. The van der Waals surface area contributed by atoms with Crippen LogP contribution in [0.4, 0.5) is 0 Å². The van der Waals surface area contributed by atoms with Gasteiger partial charge in [-0.05, 0) is 42.0 Å². The summed E-state index contributed by atoms with van der Waals surface area (Å²) in [6.45, 7) is 0.504. The summed E-state index contributed by atoms with van der Waals surface area (Å²) in [5.41, 5.74) is 1.86. The lowest BCUT2D eigenvalue weighted by molar-refractivity contribution is -0.141. The summed E-state index contributed by atoms with van der Waals surface area (Å²) in [5.74, 6) is 0.106. The fourth-order valence-corrected chi connectivity index (χ4v) is 3.34. The number of halogens is 1. The zero-order chi connectivity index (χ0) is 20.8. The van der Waals surface area contributed by atoms with Crippen molar-refractivity contribution in [2.24, 2.45) is 0 Å². The molecule has 6 nitrogen and oxygen atoms in total. The summed E-state index contributed by atoms with van der Waals surface area (Å²) >= 11 is 5.95. The van der Waals surface area contributed by atoms with E-state index in [9.17, 15) is 9.59 Å². The lowest BCUT2D eigenvalue weighted by Crippen LogP contribution is -2.32. The van der Waals surface area contributed by atoms with Gasteiger partial charge in [-0.2, -0.15) is 0 Å². The number of aromatic nitrogens is 1. The first-order valence-corrected chi connectivity index (χ1v) is 9.60. The molecule has 1 amide bonds. The number of rotatable bonds is 8. The van der Waals surface area contributed by atoms with E-state index < -0.39 is 0 Å². The summed E-state index contributed by atoms with van der Waals surface area (Å²) in [6, 6.07) is 14.9. The SMILES string of the molecule is COC(=O)CC(CNC(=O)Cn1ccc2cc(OC)ccc21)c1ccc(Cl)cc1. The monoisotopic (exact) mass is 414 g/mol. The highest BCUT2D eigenvalue weighted by molar-refractivity contribution is 6.30. The molecular weight excluding hydrogens is 392 g/mol. The van der Waals surface area contributed by atoms with Gasteiger partial charge in [-0.25, -0.2) is 0 Å². The van der Waals surface area contributed by atoms with E-state index in [-0.39, 0.29) is 30.8 Å². The van der Waals surface area contributed by atoms with Crippen molar-refractivity contribution in [1.82, 2.24) is 9.88 Å². The van der Waals surface area contributed by atoms with Gasteiger partial charge in [0.15, 0.2) is 0 Å². The Morgan fingerprint density at radius 1 is 1.10 bits per heavy atom. The van der Waals surface area contributed by atoms with E-state index in [2.05, 4.69) is 5.32 Å². The van der Waals surface area contributed by atoms with E-state index in [0.717, 1.165) is 22.2 Å². The van der Waals surface area contributed by atoms with Crippen LogP contribution in [0.25, 0.3) is 10.9 Å². The number of benzene rings is 2. The average Bonchev–Trinajstić information content (AvgIpc) is 3.13. The van der Waals surface area contributed by atoms with Crippen LogP contribution in [0.15, 0.2) is 54.7 Å². The van der Waals surface area contributed by atoms with Crippen molar-refractivity contribution in [3.63, 3.8) is 0 Å². The van der Waals surface area contributed by atoms with Crippen molar-refractivity contribution in [3.8, 4) is 5.75 Å². The van der Waals surface area contributed by atoms with Gasteiger partial charge in [-0.15, -0.1) is 0 Å². The molecule has 3 rings (SSSR count). The molecule has 3 aromatic rings. The Morgan fingerprint density at radius 2 is 1.86 bits per heavy atom. The third-order valence-corrected chi connectivity index (χ3v) is 5.07. The summed E-state index contributed by atoms with van der Waals surface area (Å²) in [4.78, 5) is 24.3. The average molecular weight is 415 g/mol. The van der Waals surface area contributed by atoms with E-state index in [1.807, 2.05) is 47.2 Å². The normalized spacial score (nSPS) is 11.8. The number of nitrogens with one attached hydrogen (secondary N) is 1. The van der Waals surface area contributed by atoms with E-state index in [1.165, 1.54) is 7.11 Å². The molecule has 0 radical (unpaired) electrons. The molecule has 0 spiro atoms. The van der Waals surface area contributed by atoms with Gasteiger partial charge in [0.1, 0.15) is 12.3 Å². The van der Waals surface area contributed by atoms with Gasteiger partial charge in [-0.3, -0.25) is 9.59 Å².